The second-order valence-electron chi connectivity index (χ2n) is 7.67. The average Bonchev–Trinajstić information content (AvgIpc) is 2.91. The Bertz CT molecular complexity index is 598. The second-order valence-corrected chi connectivity index (χ2v) is 7.67. The smallest absolute Gasteiger partial charge is 0.421 e. The normalized spacial score (nSPS) is 15.8. The number of nitrogen functional groups attached to an aromatic ring is 1. The van der Waals surface area contributed by atoms with E-state index in [1.165, 1.54) is 11.0 Å². The number of aryl methyl sites for hydroxylation is 1. The minimum atomic E-state index is -0.586. The molecule has 25 heavy (non-hydrogen) atoms. The Kier molecular flexibility index (Phi) is 6.45. The molecule has 1 aliphatic rings. The average molecular weight is 350 g/mol. The number of amides is 1. The number of imidazole rings is 1. The number of nitrogens with zero attached hydrogens (tertiary/aromatic N) is 2. The van der Waals surface area contributed by atoms with E-state index in [0.717, 1.165) is 37.8 Å². The van der Waals surface area contributed by atoms with Crippen molar-refractivity contribution in [3.63, 3.8) is 0 Å². The SMILES string of the molecule is CC(C)(C)OC(=O)n1cc(CCCNC(=O)C2CCCCC2)nc1N. The maximum atomic E-state index is 12.1. The molecule has 1 aliphatic carbocycles. The van der Waals surface area contributed by atoms with Crippen LogP contribution in [0.3, 0.4) is 0 Å². The molecular weight excluding hydrogens is 320 g/mol. The van der Waals surface area contributed by atoms with Crippen LogP contribution in [0.25, 0.3) is 0 Å². The highest BCUT2D eigenvalue weighted by molar-refractivity contribution is 5.78. The number of rotatable bonds is 5. The van der Waals surface area contributed by atoms with Gasteiger partial charge in [0.15, 0.2) is 0 Å². The third-order valence-electron chi connectivity index (χ3n) is 4.26. The Morgan fingerprint density at radius 3 is 2.64 bits per heavy atom. The third-order valence-corrected chi connectivity index (χ3v) is 4.26. The van der Waals surface area contributed by atoms with Gasteiger partial charge < -0.3 is 15.8 Å². The summed E-state index contributed by atoms with van der Waals surface area (Å²) in [5.41, 5.74) is 5.92. The van der Waals surface area contributed by atoms with Crippen LogP contribution in [0.1, 0.15) is 65.0 Å². The fourth-order valence-electron chi connectivity index (χ4n) is 3.01. The van der Waals surface area contributed by atoms with Crippen LogP contribution in [0.2, 0.25) is 0 Å². The number of nitrogens with one attached hydrogen (secondary N) is 1. The lowest BCUT2D eigenvalue weighted by atomic mass is 9.89. The van der Waals surface area contributed by atoms with Gasteiger partial charge in [-0.1, -0.05) is 19.3 Å². The largest absolute Gasteiger partial charge is 0.443 e. The molecule has 3 N–H and O–H groups in total. The molecule has 1 aromatic heterocycles. The number of anilines is 1. The van der Waals surface area contributed by atoms with Crippen molar-refractivity contribution in [3.05, 3.63) is 11.9 Å². The van der Waals surface area contributed by atoms with E-state index in [1.807, 2.05) is 0 Å². The standard InChI is InChI=1S/C18H30N4O3/c1-18(2,3)25-17(24)22-12-14(21-16(22)19)10-7-11-20-15(23)13-8-5-4-6-9-13/h12-13H,4-11H2,1-3H3,(H2,19,21)(H,20,23). The van der Waals surface area contributed by atoms with Crippen LogP contribution in [0, 0.1) is 5.92 Å². The van der Waals surface area contributed by atoms with Crippen molar-refractivity contribution in [2.45, 2.75) is 71.3 Å². The van der Waals surface area contributed by atoms with Gasteiger partial charge in [-0.15, -0.1) is 0 Å². The lowest BCUT2D eigenvalue weighted by molar-refractivity contribution is -0.125. The highest BCUT2D eigenvalue weighted by Crippen LogP contribution is 2.23. The number of hydrogen-bond donors (Lipinski definition) is 2. The molecule has 0 aromatic carbocycles. The van der Waals surface area contributed by atoms with Crippen LogP contribution in [0.15, 0.2) is 6.20 Å². The Labute approximate surface area is 149 Å². The molecule has 0 atom stereocenters. The molecule has 1 amide bonds. The second kappa shape index (κ2) is 8.36. The summed E-state index contributed by atoms with van der Waals surface area (Å²) >= 11 is 0. The van der Waals surface area contributed by atoms with Gasteiger partial charge in [-0.2, -0.15) is 0 Å². The molecule has 0 saturated heterocycles. The Balaban J connectivity index is 1.77. The van der Waals surface area contributed by atoms with E-state index in [2.05, 4.69) is 10.3 Å². The fraction of sp³-hybridized carbons (Fsp3) is 0.722. The van der Waals surface area contributed by atoms with E-state index in [0.29, 0.717) is 13.0 Å². The summed E-state index contributed by atoms with van der Waals surface area (Å²) in [6.45, 7) is 6.00. The number of ether oxygens (including phenoxy) is 1. The molecule has 1 saturated carbocycles. The van der Waals surface area contributed by atoms with Gasteiger partial charge in [0, 0.05) is 18.7 Å². The first-order chi connectivity index (χ1) is 11.8. The molecule has 7 nitrogen and oxygen atoms in total. The number of carbonyl (C=O) groups excluding carboxylic acids is 2. The molecule has 1 aromatic rings. The van der Waals surface area contributed by atoms with E-state index >= 15 is 0 Å². The molecule has 140 valence electrons. The maximum Gasteiger partial charge on any atom is 0.421 e. The van der Waals surface area contributed by atoms with E-state index in [9.17, 15) is 9.59 Å². The van der Waals surface area contributed by atoms with Gasteiger partial charge in [-0.05, 0) is 46.5 Å². The quantitative estimate of drug-likeness (QED) is 0.796. The van der Waals surface area contributed by atoms with Gasteiger partial charge in [-0.25, -0.2) is 14.3 Å². The van der Waals surface area contributed by atoms with Crippen molar-refractivity contribution in [2.75, 3.05) is 12.3 Å². The van der Waals surface area contributed by atoms with E-state index in [-0.39, 0.29) is 17.8 Å². The predicted octanol–water partition coefficient (Wildman–Crippen LogP) is 2.88. The molecule has 0 bridgehead atoms. The van der Waals surface area contributed by atoms with Crippen molar-refractivity contribution in [3.8, 4) is 0 Å². The molecule has 0 radical (unpaired) electrons. The van der Waals surface area contributed by atoms with Gasteiger partial charge in [0.25, 0.3) is 0 Å². The van der Waals surface area contributed by atoms with Crippen LogP contribution in [0.5, 0.6) is 0 Å². The maximum absolute atomic E-state index is 12.1. The monoisotopic (exact) mass is 350 g/mol. The predicted molar refractivity (Wildman–Crippen MR) is 96.2 cm³/mol. The Hall–Kier alpha value is -2.05. The van der Waals surface area contributed by atoms with Gasteiger partial charge in [0.05, 0.1) is 5.69 Å². The highest BCUT2D eigenvalue weighted by atomic mass is 16.6. The zero-order chi connectivity index (χ0) is 18.4. The first-order valence-corrected chi connectivity index (χ1v) is 9.11. The van der Waals surface area contributed by atoms with Crippen molar-refractivity contribution in [1.82, 2.24) is 14.9 Å². The minimum Gasteiger partial charge on any atom is -0.443 e. The summed E-state index contributed by atoms with van der Waals surface area (Å²) in [7, 11) is 0. The fourth-order valence-corrected chi connectivity index (χ4v) is 3.01. The first-order valence-electron chi connectivity index (χ1n) is 9.11. The van der Waals surface area contributed by atoms with Gasteiger partial charge >= 0.3 is 6.09 Å². The van der Waals surface area contributed by atoms with Crippen LogP contribution in [-0.2, 0) is 16.0 Å². The van der Waals surface area contributed by atoms with Gasteiger partial charge in [-0.3, -0.25) is 4.79 Å². The zero-order valence-electron chi connectivity index (χ0n) is 15.5. The summed E-state index contributed by atoms with van der Waals surface area (Å²) in [6, 6.07) is 0. The molecule has 0 spiro atoms. The van der Waals surface area contributed by atoms with Crippen LogP contribution in [-0.4, -0.2) is 33.7 Å². The van der Waals surface area contributed by atoms with Crippen molar-refractivity contribution < 1.29 is 14.3 Å². The van der Waals surface area contributed by atoms with Crippen LogP contribution in [0.4, 0.5) is 10.7 Å². The number of aromatic nitrogens is 2. The van der Waals surface area contributed by atoms with Crippen molar-refractivity contribution in [2.24, 2.45) is 5.92 Å². The van der Waals surface area contributed by atoms with E-state index < -0.39 is 11.7 Å². The lowest BCUT2D eigenvalue weighted by Crippen LogP contribution is -2.32. The van der Waals surface area contributed by atoms with E-state index in [1.54, 1.807) is 27.0 Å². The van der Waals surface area contributed by atoms with Crippen LogP contribution < -0.4 is 11.1 Å². The summed E-state index contributed by atoms with van der Waals surface area (Å²) in [4.78, 5) is 28.3. The molecule has 7 heteroatoms. The topological polar surface area (TPSA) is 99.2 Å². The molecule has 2 rings (SSSR count). The molecule has 1 fully saturated rings. The lowest BCUT2D eigenvalue weighted by Gasteiger charge is -2.20. The molecule has 0 aliphatic heterocycles. The van der Waals surface area contributed by atoms with E-state index in [4.69, 9.17) is 10.5 Å². The van der Waals surface area contributed by atoms with Crippen molar-refractivity contribution in [1.29, 1.82) is 0 Å². The third kappa shape index (κ3) is 6.07. The molecular formula is C18H30N4O3. The summed E-state index contributed by atoms with van der Waals surface area (Å²) in [5.74, 6) is 0.463. The summed E-state index contributed by atoms with van der Waals surface area (Å²) in [5, 5.41) is 3.00. The molecule has 1 heterocycles. The highest BCUT2D eigenvalue weighted by Gasteiger charge is 2.21. The number of nitrogens with two attached hydrogens (primary N) is 1. The minimum absolute atomic E-state index is 0.121. The number of carbonyl (C=O) groups is 2. The van der Waals surface area contributed by atoms with Crippen molar-refractivity contribution >= 4 is 17.9 Å². The first kappa shape index (κ1) is 19.3. The number of hydrogen-bond acceptors (Lipinski definition) is 5. The van der Waals surface area contributed by atoms with Gasteiger partial charge in [0.2, 0.25) is 11.9 Å². The van der Waals surface area contributed by atoms with Crippen LogP contribution >= 0.6 is 0 Å². The molecule has 0 unspecified atom stereocenters. The summed E-state index contributed by atoms with van der Waals surface area (Å²) in [6.07, 6.45) is 8.02. The summed E-state index contributed by atoms with van der Waals surface area (Å²) < 4.78 is 6.51. The van der Waals surface area contributed by atoms with Gasteiger partial charge in [0.1, 0.15) is 5.60 Å². The zero-order valence-corrected chi connectivity index (χ0v) is 15.5. The Morgan fingerprint density at radius 1 is 1.32 bits per heavy atom. The Morgan fingerprint density at radius 2 is 2.00 bits per heavy atom.